The number of allylic oxidation sites excluding steroid dienone is 7. The minimum Gasteiger partial charge on any atom is -0.457 e. The van der Waals surface area contributed by atoms with Crippen LogP contribution in [-0.4, -0.2) is 76.5 Å². The van der Waals surface area contributed by atoms with Crippen molar-refractivity contribution in [3.05, 3.63) is 115 Å². The molecule has 1 N–H and O–H groups in total. The number of aliphatic hydroxyl groups is 1. The minimum absolute atomic E-state index is 0.00140. The van der Waals surface area contributed by atoms with Gasteiger partial charge in [0.05, 0.1) is 24.0 Å². The molecule has 0 radical (unpaired) electrons. The van der Waals surface area contributed by atoms with Crippen molar-refractivity contribution in [2.45, 2.75) is 110 Å². The summed E-state index contributed by atoms with van der Waals surface area (Å²) in [4.78, 5) is 48.2. The number of aromatic nitrogens is 2. The third-order valence-corrected chi connectivity index (χ3v) is 9.67. The van der Waals surface area contributed by atoms with E-state index in [4.69, 9.17) is 27.8 Å². The second-order valence-corrected chi connectivity index (χ2v) is 14.6. The van der Waals surface area contributed by atoms with Crippen molar-refractivity contribution in [3.63, 3.8) is 0 Å². The van der Waals surface area contributed by atoms with E-state index >= 15 is 0 Å². The highest BCUT2D eigenvalue weighted by atomic mass is 16.6. The van der Waals surface area contributed by atoms with Crippen LogP contribution < -0.4 is 0 Å². The Morgan fingerprint density at radius 1 is 0.891 bits per heavy atom. The van der Waals surface area contributed by atoms with Gasteiger partial charge in [-0.1, -0.05) is 99.8 Å². The van der Waals surface area contributed by atoms with Crippen molar-refractivity contribution in [1.82, 2.24) is 9.97 Å². The lowest BCUT2D eigenvalue weighted by atomic mass is 9.78. The molecule has 12 nitrogen and oxygen atoms in total. The SMILES string of the molecule is C/C=C/[C@H](O)C(C)(C)[C@@H]1C/C=C\[C@@H]2O[C@@H]2/C=C/C=C\c2nc(co2)C(=O)O[C@@H](C(C)(C)C(=O)CCC)C\C=C/C=C\C=C\[C@H](OC)Cc2nc(co2)C(=O)O1. The van der Waals surface area contributed by atoms with Gasteiger partial charge in [-0.3, -0.25) is 4.79 Å². The summed E-state index contributed by atoms with van der Waals surface area (Å²) in [7, 11) is 1.56. The Kier molecular flexibility index (Phi) is 15.7. The highest BCUT2D eigenvalue weighted by Gasteiger charge is 2.40. The fourth-order valence-corrected chi connectivity index (χ4v) is 5.77. The molecule has 0 aliphatic carbocycles. The lowest BCUT2D eigenvalue weighted by Gasteiger charge is -2.36. The molecule has 0 aromatic carbocycles. The van der Waals surface area contributed by atoms with E-state index in [2.05, 4.69) is 9.97 Å². The number of rotatable bonds is 8. The molecule has 4 heterocycles. The predicted molar refractivity (Wildman–Crippen MR) is 207 cm³/mol. The molecule has 296 valence electrons. The molecule has 12 heteroatoms. The largest absolute Gasteiger partial charge is 0.457 e. The molecule has 0 saturated carbocycles. The van der Waals surface area contributed by atoms with Crippen LogP contribution >= 0.6 is 0 Å². The molecular formula is C43H54N2O10. The fraction of sp³-hybridized carbons (Fsp3) is 0.465. The number of cyclic esters (lactones) is 2. The molecule has 6 atom stereocenters. The lowest BCUT2D eigenvalue weighted by Crippen LogP contribution is -2.42. The number of aliphatic hydroxyl groups excluding tert-OH is 1. The van der Waals surface area contributed by atoms with Crippen LogP contribution in [0.3, 0.4) is 0 Å². The zero-order chi connectivity index (χ0) is 40.0. The smallest absolute Gasteiger partial charge is 0.360 e. The van der Waals surface area contributed by atoms with E-state index in [1.165, 1.54) is 12.5 Å². The highest BCUT2D eigenvalue weighted by molar-refractivity contribution is 5.89. The van der Waals surface area contributed by atoms with Gasteiger partial charge in [0.1, 0.15) is 42.7 Å². The topological polar surface area (TPSA) is 164 Å². The number of carbonyl (C=O) groups is 3. The predicted octanol–water partition coefficient (Wildman–Crippen LogP) is 7.69. The van der Waals surface area contributed by atoms with Crippen molar-refractivity contribution in [3.8, 4) is 0 Å². The first-order chi connectivity index (χ1) is 26.3. The van der Waals surface area contributed by atoms with Crippen molar-refractivity contribution in [1.29, 1.82) is 0 Å². The maximum Gasteiger partial charge on any atom is 0.360 e. The number of methoxy groups -OCH3 is 1. The van der Waals surface area contributed by atoms with E-state index < -0.39 is 47.2 Å². The number of epoxide rings is 1. The van der Waals surface area contributed by atoms with Gasteiger partial charge >= 0.3 is 11.9 Å². The summed E-state index contributed by atoms with van der Waals surface area (Å²) in [5.41, 5.74) is -1.78. The molecule has 4 bridgehead atoms. The zero-order valence-electron chi connectivity index (χ0n) is 32.8. The van der Waals surface area contributed by atoms with E-state index in [1.54, 1.807) is 57.4 Å². The molecule has 2 aromatic rings. The first-order valence-corrected chi connectivity index (χ1v) is 18.7. The minimum atomic E-state index is -0.942. The Bertz CT molecular complexity index is 1800. The molecule has 1 fully saturated rings. The van der Waals surface area contributed by atoms with Gasteiger partial charge in [-0.25, -0.2) is 19.6 Å². The van der Waals surface area contributed by atoms with Crippen LogP contribution in [0.25, 0.3) is 6.08 Å². The molecule has 0 unspecified atom stereocenters. The van der Waals surface area contributed by atoms with Gasteiger partial charge in [0.25, 0.3) is 0 Å². The summed E-state index contributed by atoms with van der Waals surface area (Å²) in [5, 5.41) is 10.9. The fourth-order valence-electron chi connectivity index (χ4n) is 5.77. The Morgan fingerprint density at radius 3 is 2.27 bits per heavy atom. The average molecular weight is 759 g/mol. The first-order valence-electron chi connectivity index (χ1n) is 18.7. The standard InChI is InChI=1S/C43H54N2O10/c1-8-18-34(46)42(3,4)36-23-14-12-10-11-13-20-29(50-7)26-39-45-31(28-52-39)41(49)55-37(43(5,6)35(47)19-9-2)24-17-22-33-32(53-33)21-15-16-25-38-44-30(27-51-38)40(48)54-36/h9-17,19-22,25,27-29,32-33,35-37,47H,8,18,23-24,26H2,1-7H3/b11-10-,14-12-,19-9+,20-13+,21-15+,22-17-,25-16-/t29-,32+,33-,35-,36+,37-/m0/s1. The Morgan fingerprint density at radius 2 is 1.55 bits per heavy atom. The van der Waals surface area contributed by atoms with Gasteiger partial charge in [-0.05, 0) is 27.2 Å². The van der Waals surface area contributed by atoms with Crippen LogP contribution in [0.5, 0.6) is 0 Å². The van der Waals surface area contributed by atoms with Crippen LogP contribution in [0.2, 0.25) is 0 Å². The Hall–Kier alpha value is -4.91. The number of Topliss-reactive ketones (excluding diaryl/α,β-unsaturated/α-hetero) is 1. The number of hydrogen-bond acceptors (Lipinski definition) is 12. The summed E-state index contributed by atoms with van der Waals surface area (Å²) in [6, 6.07) is 0. The van der Waals surface area contributed by atoms with E-state index in [-0.39, 0.29) is 41.7 Å². The molecule has 2 aliphatic heterocycles. The van der Waals surface area contributed by atoms with E-state index in [0.717, 1.165) is 0 Å². The summed E-state index contributed by atoms with van der Waals surface area (Å²) in [6.45, 7) is 11.0. The van der Waals surface area contributed by atoms with Crippen LogP contribution in [0, 0.1) is 10.8 Å². The van der Waals surface area contributed by atoms with Crippen LogP contribution in [0.15, 0.2) is 100 Å². The normalized spacial score (nSPS) is 27.5. The van der Waals surface area contributed by atoms with Crippen molar-refractivity contribution < 1.29 is 47.3 Å². The van der Waals surface area contributed by atoms with Crippen molar-refractivity contribution in [2.24, 2.45) is 10.8 Å². The molecular weight excluding hydrogens is 704 g/mol. The summed E-state index contributed by atoms with van der Waals surface area (Å²) in [6.07, 6.45) is 26.4. The summed E-state index contributed by atoms with van der Waals surface area (Å²) < 4.78 is 34.3. The number of carbonyl (C=O) groups excluding carboxylic acids is 3. The Labute approximate surface area is 323 Å². The van der Waals surface area contributed by atoms with Crippen LogP contribution in [0.4, 0.5) is 0 Å². The molecule has 4 rings (SSSR count). The van der Waals surface area contributed by atoms with E-state index in [0.29, 0.717) is 31.6 Å². The molecule has 55 heavy (non-hydrogen) atoms. The summed E-state index contributed by atoms with van der Waals surface area (Å²) >= 11 is 0. The van der Waals surface area contributed by atoms with Gasteiger partial charge in [0.2, 0.25) is 5.89 Å². The zero-order valence-corrected chi connectivity index (χ0v) is 32.8. The van der Waals surface area contributed by atoms with Crippen molar-refractivity contribution >= 4 is 23.8 Å². The highest BCUT2D eigenvalue weighted by Crippen LogP contribution is 2.33. The molecule has 0 amide bonds. The number of hydrogen-bond donors (Lipinski definition) is 1. The van der Waals surface area contributed by atoms with Gasteiger partial charge in [0.15, 0.2) is 17.3 Å². The van der Waals surface area contributed by atoms with Gasteiger partial charge in [-0.15, -0.1) is 0 Å². The molecule has 2 aliphatic rings. The number of nitrogens with zero attached hydrogens (tertiary/aromatic N) is 2. The molecule has 0 spiro atoms. The third-order valence-electron chi connectivity index (χ3n) is 9.67. The Balaban J connectivity index is 1.58. The second kappa shape index (κ2) is 20.1. The van der Waals surface area contributed by atoms with E-state index in [1.807, 2.05) is 76.3 Å². The average Bonchev–Trinajstić information content (AvgIpc) is 3.47. The van der Waals surface area contributed by atoms with E-state index in [9.17, 15) is 19.5 Å². The lowest BCUT2D eigenvalue weighted by molar-refractivity contribution is -0.133. The van der Waals surface area contributed by atoms with Gasteiger partial charge in [-0.2, -0.15) is 0 Å². The number of oxazole rings is 2. The van der Waals surface area contributed by atoms with Gasteiger partial charge < -0.3 is 32.9 Å². The molecule has 1 saturated heterocycles. The number of esters is 2. The number of ether oxygens (including phenoxy) is 4. The van der Waals surface area contributed by atoms with Gasteiger partial charge in [0, 0.05) is 37.9 Å². The first kappa shape index (κ1) is 42.8. The number of fused-ring (bicyclic) bond motifs is 5. The maximum atomic E-state index is 13.3. The van der Waals surface area contributed by atoms with Crippen molar-refractivity contribution in [2.75, 3.05) is 7.11 Å². The molecule has 2 aromatic heterocycles. The maximum absolute atomic E-state index is 13.3. The monoisotopic (exact) mass is 758 g/mol. The van der Waals surface area contributed by atoms with Crippen LogP contribution in [-0.2, 0) is 30.2 Å². The third kappa shape index (κ3) is 12.3. The quantitative estimate of drug-likeness (QED) is 0.159. The number of ketones is 1. The second-order valence-electron chi connectivity index (χ2n) is 14.6. The van der Waals surface area contributed by atoms with Crippen LogP contribution in [0.1, 0.15) is 100.0 Å². The summed E-state index contributed by atoms with van der Waals surface area (Å²) in [5.74, 6) is -0.857.